The van der Waals surface area contributed by atoms with E-state index in [4.69, 9.17) is 4.74 Å². The lowest BCUT2D eigenvalue weighted by atomic mass is 9.96. The molecule has 1 saturated heterocycles. The molecule has 4 N–H and O–H groups in total. The molecule has 58 heavy (non-hydrogen) atoms. The smallest absolute Gasteiger partial charge is 0.387 e. The van der Waals surface area contributed by atoms with Gasteiger partial charge in [0.05, 0.1) is 16.8 Å². The number of ether oxygens (including phenoxy) is 1. The van der Waals surface area contributed by atoms with Crippen molar-refractivity contribution in [3.8, 4) is 40.0 Å². The molecule has 290 valence electrons. The Morgan fingerprint density at radius 1 is 0.966 bits per heavy atom. The molecular formula is C43H33F2N7O6. The first-order chi connectivity index (χ1) is 28.1. The summed E-state index contributed by atoms with van der Waals surface area (Å²) < 4.78 is 31.7. The van der Waals surface area contributed by atoms with Gasteiger partial charge in [-0.05, 0) is 71.0 Å². The Kier molecular flexibility index (Phi) is 10.1. The van der Waals surface area contributed by atoms with Gasteiger partial charge in [-0.2, -0.15) is 8.78 Å². The van der Waals surface area contributed by atoms with Gasteiger partial charge in [-0.15, -0.1) is 0 Å². The number of carbonyl (C=O) groups is 5. The van der Waals surface area contributed by atoms with E-state index in [2.05, 4.69) is 42.7 Å². The van der Waals surface area contributed by atoms with Crippen LogP contribution in [-0.2, 0) is 16.1 Å². The number of pyridine rings is 2. The Labute approximate surface area is 329 Å². The van der Waals surface area contributed by atoms with Gasteiger partial charge in [-0.1, -0.05) is 36.1 Å². The van der Waals surface area contributed by atoms with Crippen LogP contribution in [0.3, 0.4) is 0 Å². The molecule has 0 radical (unpaired) electrons. The van der Waals surface area contributed by atoms with Crippen molar-refractivity contribution in [2.24, 2.45) is 0 Å². The Bertz CT molecular complexity index is 2740. The van der Waals surface area contributed by atoms with Gasteiger partial charge in [0, 0.05) is 79.0 Å². The number of piperidine rings is 1. The number of alkyl halides is 2. The maximum absolute atomic E-state index is 13.4. The minimum Gasteiger partial charge on any atom is -0.433 e. The molecular weight excluding hydrogens is 749 g/mol. The second-order valence-corrected chi connectivity index (χ2v) is 13.6. The number of halogens is 2. The molecule has 13 nitrogen and oxygen atoms in total. The lowest BCUT2D eigenvalue weighted by molar-refractivity contribution is -0.136. The number of nitrogens with zero attached hydrogens (tertiary/aromatic N) is 3. The summed E-state index contributed by atoms with van der Waals surface area (Å²) in [5.74, 6) is 4.18. The van der Waals surface area contributed by atoms with Crippen LogP contribution in [0.4, 0.5) is 8.78 Å². The average Bonchev–Trinajstić information content (AvgIpc) is 3.81. The second kappa shape index (κ2) is 15.6. The number of H-pyrrole nitrogens is 1. The normalized spacial score (nSPS) is 14.9. The van der Waals surface area contributed by atoms with E-state index in [1.54, 1.807) is 48.8 Å². The van der Waals surface area contributed by atoms with E-state index in [0.717, 1.165) is 16.3 Å². The SMILES string of the molecule is CNC(=O)c1c[nH]c2c(OC(F)F)cc(-c3cccc4cc(-c5ccc(C(=O)NCCC#Cc6cccc7c6CN(C6CCC(=O)NC6=O)C7=O)nc5)ncc34)cc12. The second-order valence-electron chi connectivity index (χ2n) is 13.6. The fourth-order valence-electron chi connectivity index (χ4n) is 7.32. The number of amides is 5. The summed E-state index contributed by atoms with van der Waals surface area (Å²) in [4.78, 5) is 75.9. The third-order valence-electron chi connectivity index (χ3n) is 10.1. The number of aromatic nitrogens is 3. The van der Waals surface area contributed by atoms with Crippen molar-refractivity contribution >= 4 is 51.2 Å². The van der Waals surface area contributed by atoms with Crippen LogP contribution >= 0.6 is 0 Å². The molecule has 0 spiro atoms. The molecule has 0 saturated carbocycles. The number of benzene rings is 3. The number of hydrogen-bond donors (Lipinski definition) is 4. The molecule has 1 fully saturated rings. The van der Waals surface area contributed by atoms with Crippen molar-refractivity contribution in [2.75, 3.05) is 13.6 Å². The first-order valence-electron chi connectivity index (χ1n) is 18.3. The zero-order chi connectivity index (χ0) is 40.5. The van der Waals surface area contributed by atoms with Gasteiger partial charge < -0.3 is 25.3 Å². The standard InChI is InChI=1S/C43H33F2N7O6/c1-46-39(54)31-21-50-38-29(31)16-26(18-36(38)58-43(44)45)27-9-5-8-24-17-34(49-20-30(24)27)25-11-12-33(48-19-25)40(55)47-15-3-2-6-23-7-4-10-28-32(23)22-52(42(28)57)35-13-14-37(53)51-41(35)56/h4-5,7-12,16-21,35,43,50H,3,13-15,22H2,1H3,(H,46,54)(H,47,55)(H,51,53,56). The van der Waals surface area contributed by atoms with Crippen LogP contribution in [0.5, 0.6) is 5.75 Å². The van der Waals surface area contributed by atoms with E-state index in [9.17, 15) is 32.8 Å². The monoisotopic (exact) mass is 781 g/mol. The van der Waals surface area contributed by atoms with Gasteiger partial charge in [-0.3, -0.25) is 39.3 Å². The van der Waals surface area contributed by atoms with Crippen LogP contribution in [0.1, 0.15) is 61.6 Å². The fourth-order valence-corrected chi connectivity index (χ4v) is 7.32. The molecule has 8 rings (SSSR count). The quantitative estimate of drug-likeness (QED) is 0.0864. The molecule has 6 aromatic rings. The minimum atomic E-state index is -3.08. The van der Waals surface area contributed by atoms with Crippen LogP contribution in [0, 0.1) is 11.8 Å². The highest BCUT2D eigenvalue weighted by Gasteiger charge is 2.39. The van der Waals surface area contributed by atoms with Crippen molar-refractivity contribution in [3.63, 3.8) is 0 Å². The van der Waals surface area contributed by atoms with Gasteiger partial charge in [-0.25, -0.2) is 0 Å². The number of carbonyl (C=O) groups excluding carboxylic acids is 5. The summed E-state index contributed by atoms with van der Waals surface area (Å²) in [5, 5.41) is 9.65. The largest absolute Gasteiger partial charge is 0.433 e. The summed E-state index contributed by atoms with van der Waals surface area (Å²) in [7, 11) is 1.49. The zero-order valence-electron chi connectivity index (χ0n) is 30.8. The maximum atomic E-state index is 13.4. The van der Waals surface area contributed by atoms with Crippen molar-refractivity contribution in [1.29, 1.82) is 0 Å². The molecule has 1 atom stereocenters. The molecule has 5 heterocycles. The molecule has 2 aliphatic heterocycles. The van der Waals surface area contributed by atoms with Crippen LogP contribution in [0.25, 0.3) is 44.1 Å². The molecule has 2 aliphatic rings. The topological polar surface area (TPSA) is 175 Å². The van der Waals surface area contributed by atoms with E-state index in [1.807, 2.05) is 24.3 Å². The molecule has 3 aromatic carbocycles. The predicted octanol–water partition coefficient (Wildman–Crippen LogP) is 5.34. The Morgan fingerprint density at radius 3 is 2.57 bits per heavy atom. The number of nitrogens with one attached hydrogen (secondary N) is 4. The third kappa shape index (κ3) is 7.18. The van der Waals surface area contributed by atoms with Gasteiger partial charge in [0.2, 0.25) is 11.8 Å². The van der Waals surface area contributed by atoms with Gasteiger partial charge in [0.25, 0.3) is 17.7 Å². The summed E-state index contributed by atoms with van der Waals surface area (Å²) in [5.41, 5.74) is 5.12. The van der Waals surface area contributed by atoms with E-state index in [1.165, 1.54) is 24.2 Å². The first-order valence-corrected chi connectivity index (χ1v) is 18.3. The van der Waals surface area contributed by atoms with Crippen molar-refractivity contribution in [3.05, 3.63) is 113 Å². The first kappa shape index (κ1) is 37.5. The van der Waals surface area contributed by atoms with E-state index < -0.39 is 18.6 Å². The molecule has 1 unspecified atom stereocenters. The average molecular weight is 782 g/mol. The van der Waals surface area contributed by atoms with Crippen LogP contribution in [0.2, 0.25) is 0 Å². The Morgan fingerprint density at radius 2 is 1.79 bits per heavy atom. The molecule has 5 amide bonds. The molecule has 0 aliphatic carbocycles. The predicted molar refractivity (Wildman–Crippen MR) is 209 cm³/mol. The van der Waals surface area contributed by atoms with Crippen LogP contribution in [-0.4, -0.2) is 75.6 Å². The molecule has 3 aromatic heterocycles. The van der Waals surface area contributed by atoms with Crippen LogP contribution < -0.4 is 20.7 Å². The van der Waals surface area contributed by atoms with Gasteiger partial charge in [0.15, 0.2) is 5.75 Å². The third-order valence-corrected chi connectivity index (χ3v) is 10.1. The highest BCUT2D eigenvalue weighted by Crippen LogP contribution is 2.38. The summed E-state index contributed by atoms with van der Waals surface area (Å²) in [6.45, 7) is -2.61. The van der Waals surface area contributed by atoms with Gasteiger partial charge in [0.1, 0.15) is 11.7 Å². The minimum absolute atomic E-state index is 0.0993. The summed E-state index contributed by atoms with van der Waals surface area (Å²) in [6, 6.07) is 18.5. The fraction of sp³-hybridized carbons (Fsp3) is 0.186. The van der Waals surface area contributed by atoms with Gasteiger partial charge >= 0.3 is 6.61 Å². The van der Waals surface area contributed by atoms with E-state index in [0.29, 0.717) is 45.3 Å². The van der Waals surface area contributed by atoms with Crippen LogP contribution in [0.15, 0.2) is 85.3 Å². The molecule has 15 heteroatoms. The number of rotatable bonds is 9. The summed E-state index contributed by atoms with van der Waals surface area (Å²) >= 11 is 0. The van der Waals surface area contributed by atoms with E-state index in [-0.39, 0.29) is 72.1 Å². The zero-order valence-corrected chi connectivity index (χ0v) is 30.8. The number of aromatic amines is 1. The highest BCUT2D eigenvalue weighted by molar-refractivity contribution is 6.10. The highest BCUT2D eigenvalue weighted by atomic mass is 19.3. The number of fused-ring (bicyclic) bond motifs is 3. The summed E-state index contributed by atoms with van der Waals surface area (Å²) in [6.07, 6.45) is 5.45. The van der Waals surface area contributed by atoms with Crippen molar-refractivity contribution in [1.82, 2.24) is 35.8 Å². The lowest BCUT2D eigenvalue weighted by Crippen LogP contribution is -2.52. The molecule has 0 bridgehead atoms. The van der Waals surface area contributed by atoms with Crippen molar-refractivity contribution < 1.29 is 37.5 Å². The Hall–Kier alpha value is -7.47. The maximum Gasteiger partial charge on any atom is 0.387 e. The number of hydrogen-bond acceptors (Lipinski definition) is 8. The van der Waals surface area contributed by atoms with E-state index >= 15 is 0 Å². The number of imide groups is 1. The Balaban J connectivity index is 0.929. The van der Waals surface area contributed by atoms with Crippen molar-refractivity contribution in [2.45, 2.75) is 38.5 Å². The lowest BCUT2D eigenvalue weighted by Gasteiger charge is -2.29.